The molecular weight excluding hydrogens is 487 g/mol. The van der Waals surface area contributed by atoms with Gasteiger partial charge in [0.25, 0.3) is 0 Å². The lowest BCUT2D eigenvalue weighted by Crippen LogP contribution is -2.50. The Bertz CT molecular complexity index is 930. The van der Waals surface area contributed by atoms with E-state index in [1.54, 1.807) is 30.0 Å². The van der Waals surface area contributed by atoms with Crippen molar-refractivity contribution in [1.29, 1.82) is 0 Å². The molecule has 0 bridgehead atoms. The van der Waals surface area contributed by atoms with E-state index in [1.807, 2.05) is 24.3 Å². The maximum Gasteiger partial charge on any atom is 0.242 e. The van der Waals surface area contributed by atoms with E-state index < -0.39 is 6.04 Å². The summed E-state index contributed by atoms with van der Waals surface area (Å²) in [4.78, 5) is 27.8. The number of carbonyl (C=O) groups is 2. The van der Waals surface area contributed by atoms with E-state index in [2.05, 4.69) is 5.32 Å². The van der Waals surface area contributed by atoms with Crippen LogP contribution < -0.4 is 5.32 Å². The summed E-state index contributed by atoms with van der Waals surface area (Å²) in [6.45, 7) is 1.93. The molecule has 32 heavy (non-hydrogen) atoms. The number of halogens is 3. The van der Waals surface area contributed by atoms with Gasteiger partial charge >= 0.3 is 0 Å². The van der Waals surface area contributed by atoms with Gasteiger partial charge in [-0.2, -0.15) is 0 Å². The molecule has 1 N–H and O–H groups in total. The Hall–Kier alpha value is -1.40. The van der Waals surface area contributed by atoms with Crippen LogP contribution in [-0.4, -0.2) is 34.6 Å². The predicted octanol–water partition coefficient (Wildman–Crippen LogP) is 6.36. The standard InChI is InChI=1S/C24H27Cl3N2O2S/c1-16(24(31)28-18-8-3-4-9-18)29(13-19-21(26)11-6-12-22(19)27)23(30)15-32-14-17-7-2-5-10-20(17)25/h2,5-7,10-12,16,18H,3-4,8-9,13-15H2,1H3,(H,28,31). The van der Waals surface area contributed by atoms with Crippen LogP contribution in [0.2, 0.25) is 15.1 Å². The minimum absolute atomic E-state index is 0.146. The van der Waals surface area contributed by atoms with Gasteiger partial charge in [-0.05, 0) is 43.5 Å². The van der Waals surface area contributed by atoms with Crippen molar-refractivity contribution in [3.8, 4) is 0 Å². The number of thioether (sulfide) groups is 1. The molecule has 4 nitrogen and oxygen atoms in total. The SMILES string of the molecule is CC(C(=O)NC1CCCC1)N(Cc1c(Cl)cccc1Cl)C(=O)CSCc1ccccc1Cl. The molecule has 2 aromatic carbocycles. The van der Waals surface area contributed by atoms with Gasteiger partial charge in [0.05, 0.1) is 5.75 Å². The van der Waals surface area contributed by atoms with Crippen molar-refractivity contribution in [1.82, 2.24) is 10.2 Å². The molecule has 0 spiro atoms. The number of rotatable bonds is 9. The molecule has 1 aliphatic rings. The summed E-state index contributed by atoms with van der Waals surface area (Å²) in [7, 11) is 0. The van der Waals surface area contributed by atoms with Gasteiger partial charge in [-0.3, -0.25) is 9.59 Å². The molecule has 1 atom stereocenters. The molecule has 8 heteroatoms. The van der Waals surface area contributed by atoms with Crippen molar-refractivity contribution >= 4 is 58.4 Å². The van der Waals surface area contributed by atoms with Gasteiger partial charge in [0.1, 0.15) is 6.04 Å². The van der Waals surface area contributed by atoms with Crippen molar-refractivity contribution in [3.63, 3.8) is 0 Å². The van der Waals surface area contributed by atoms with Crippen LogP contribution in [0.15, 0.2) is 42.5 Å². The van der Waals surface area contributed by atoms with E-state index in [4.69, 9.17) is 34.8 Å². The Morgan fingerprint density at radius 2 is 1.66 bits per heavy atom. The number of hydrogen-bond donors (Lipinski definition) is 1. The molecule has 1 aliphatic carbocycles. The molecule has 0 saturated heterocycles. The van der Waals surface area contributed by atoms with Gasteiger partial charge in [-0.15, -0.1) is 11.8 Å². The van der Waals surface area contributed by atoms with Crippen LogP contribution in [0.4, 0.5) is 0 Å². The Morgan fingerprint density at radius 1 is 1.03 bits per heavy atom. The summed E-state index contributed by atoms with van der Waals surface area (Å²) < 4.78 is 0. The summed E-state index contributed by atoms with van der Waals surface area (Å²) in [5, 5.41) is 4.72. The second kappa shape index (κ2) is 12.2. The van der Waals surface area contributed by atoms with Crippen LogP contribution in [0, 0.1) is 0 Å². The summed E-state index contributed by atoms with van der Waals surface area (Å²) >= 11 is 20.4. The highest BCUT2D eigenvalue weighted by atomic mass is 35.5. The molecule has 0 aromatic heterocycles. The molecule has 1 saturated carbocycles. The van der Waals surface area contributed by atoms with E-state index in [9.17, 15) is 9.59 Å². The number of benzene rings is 2. The highest BCUT2D eigenvalue weighted by molar-refractivity contribution is 7.99. The lowest BCUT2D eigenvalue weighted by Gasteiger charge is -2.30. The molecule has 0 aliphatic heterocycles. The number of nitrogens with zero attached hydrogens (tertiary/aromatic N) is 1. The first-order valence-electron chi connectivity index (χ1n) is 10.7. The summed E-state index contributed by atoms with van der Waals surface area (Å²) in [6.07, 6.45) is 4.21. The summed E-state index contributed by atoms with van der Waals surface area (Å²) in [5.41, 5.74) is 1.61. The fourth-order valence-electron chi connectivity index (χ4n) is 3.77. The fraction of sp³-hybridized carbons (Fsp3) is 0.417. The Balaban J connectivity index is 1.71. The summed E-state index contributed by atoms with van der Waals surface area (Å²) in [6, 6.07) is 12.3. The van der Waals surface area contributed by atoms with E-state index in [0.717, 1.165) is 31.2 Å². The Morgan fingerprint density at radius 3 is 2.31 bits per heavy atom. The molecule has 2 amide bonds. The quantitative estimate of drug-likeness (QED) is 0.425. The third-order valence-corrected chi connectivity index (χ3v) is 7.74. The molecule has 1 fully saturated rings. The maximum absolute atomic E-state index is 13.2. The van der Waals surface area contributed by atoms with Gasteiger partial charge in [-0.1, -0.05) is 71.9 Å². The Labute approximate surface area is 209 Å². The normalized spacial score (nSPS) is 14.9. The first-order valence-corrected chi connectivity index (χ1v) is 13.0. The average molecular weight is 514 g/mol. The largest absolute Gasteiger partial charge is 0.352 e. The van der Waals surface area contributed by atoms with Crippen LogP contribution in [-0.2, 0) is 21.9 Å². The van der Waals surface area contributed by atoms with Crippen LogP contribution in [0.3, 0.4) is 0 Å². The van der Waals surface area contributed by atoms with Crippen LogP contribution in [0.25, 0.3) is 0 Å². The zero-order valence-corrected chi connectivity index (χ0v) is 21.0. The highest BCUT2D eigenvalue weighted by Gasteiger charge is 2.29. The highest BCUT2D eigenvalue weighted by Crippen LogP contribution is 2.28. The zero-order valence-electron chi connectivity index (χ0n) is 18.0. The number of hydrogen-bond acceptors (Lipinski definition) is 3. The van der Waals surface area contributed by atoms with Gasteiger partial charge in [0.15, 0.2) is 0 Å². The maximum atomic E-state index is 13.2. The van der Waals surface area contributed by atoms with E-state index in [-0.39, 0.29) is 30.2 Å². The molecule has 0 radical (unpaired) electrons. The smallest absolute Gasteiger partial charge is 0.242 e. The Kier molecular flexibility index (Phi) is 9.60. The van der Waals surface area contributed by atoms with Gasteiger partial charge in [0.2, 0.25) is 11.8 Å². The van der Waals surface area contributed by atoms with E-state index in [1.165, 1.54) is 11.8 Å². The van der Waals surface area contributed by atoms with Crippen molar-refractivity contribution in [2.45, 2.75) is 57.0 Å². The van der Waals surface area contributed by atoms with Crippen LogP contribution in [0.5, 0.6) is 0 Å². The van der Waals surface area contributed by atoms with Crippen molar-refractivity contribution in [3.05, 3.63) is 68.7 Å². The lowest BCUT2D eigenvalue weighted by molar-refractivity contribution is -0.138. The summed E-state index contributed by atoms with van der Waals surface area (Å²) in [5.74, 6) is 0.528. The minimum Gasteiger partial charge on any atom is -0.352 e. The number of carbonyl (C=O) groups excluding carboxylic acids is 2. The molecule has 3 rings (SSSR count). The van der Waals surface area contributed by atoms with Crippen molar-refractivity contribution < 1.29 is 9.59 Å². The van der Waals surface area contributed by atoms with Gasteiger partial charge in [-0.25, -0.2) is 0 Å². The van der Waals surface area contributed by atoms with E-state index >= 15 is 0 Å². The minimum atomic E-state index is -0.642. The first-order chi connectivity index (χ1) is 15.4. The number of nitrogens with one attached hydrogen (secondary N) is 1. The second-order valence-electron chi connectivity index (χ2n) is 7.97. The van der Waals surface area contributed by atoms with Gasteiger partial charge < -0.3 is 10.2 Å². The second-order valence-corrected chi connectivity index (χ2v) is 10.2. The van der Waals surface area contributed by atoms with Gasteiger partial charge in [0, 0.05) is 39.0 Å². The zero-order chi connectivity index (χ0) is 23.1. The molecule has 1 unspecified atom stereocenters. The lowest BCUT2D eigenvalue weighted by atomic mass is 10.1. The van der Waals surface area contributed by atoms with Crippen LogP contribution in [0.1, 0.15) is 43.7 Å². The monoisotopic (exact) mass is 512 g/mol. The predicted molar refractivity (Wildman–Crippen MR) is 134 cm³/mol. The molecular formula is C24H27Cl3N2O2S. The first kappa shape index (κ1) is 25.2. The van der Waals surface area contributed by atoms with E-state index in [0.29, 0.717) is 26.4 Å². The topological polar surface area (TPSA) is 49.4 Å². The third kappa shape index (κ3) is 6.80. The van der Waals surface area contributed by atoms with Crippen molar-refractivity contribution in [2.75, 3.05) is 5.75 Å². The number of amides is 2. The third-order valence-electron chi connectivity index (χ3n) is 5.70. The molecule has 2 aromatic rings. The van der Waals surface area contributed by atoms with Crippen LogP contribution >= 0.6 is 46.6 Å². The molecule has 172 valence electrons. The molecule has 0 heterocycles. The fourth-order valence-corrected chi connectivity index (χ4v) is 5.49. The van der Waals surface area contributed by atoms with Crippen molar-refractivity contribution in [2.24, 2.45) is 0 Å². The average Bonchev–Trinajstić information content (AvgIpc) is 3.27.